The number of aryl methyl sites for hydroxylation is 1. The van der Waals surface area contributed by atoms with Gasteiger partial charge in [-0.2, -0.15) is 0 Å². The Bertz CT molecular complexity index is 1070. The van der Waals surface area contributed by atoms with Gasteiger partial charge in [0.05, 0.1) is 6.04 Å². The summed E-state index contributed by atoms with van der Waals surface area (Å²) in [5, 5.41) is 3.23. The monoisotopic (exact) mass is 400 g/mol. The van der Waals surface area contributed by atoms with E-state index in [1.54, 1.807) is 6.92 Å². The number of hydrogen-bond donors (Lipinski definition) is 1. The topological polar surface area (TPSA) is 51.1 Å². The molecule has 1 N–H and O–H groups in total. The summed E-state index contributed by atoms with van der Waals surface area (Å²) in [5.41, 5.74) is 6.25. The van der Waals surface area contributed by atoms with Crippen LogP contribution in [0.1, 0.15) is 59.4 Å². The summed E-state index contributed by atoms with van der Waals surface area (Å²) < 4.78 is 2.10. The molecule has 3 aromatic rings. The summed E-state index contributed by atoms with van der Waals surface area (Å²) in [6.07, 6.45) is 3.54. The first kappa shape index (κ1) is 20.1. The van der Waals surface area contributed by atoms with Crippen molar-refractivity contribution in [2.75, 3.05) is 0 Å². The van der Waals surface area contributed by atoms with E-state index in [2.05, 4.69) is 28.1 Å². The Labute approximate surface area is 177 Å². The Morgan fingerprint density at radius 3 is 2.57 bits per heavy atom. The predicted molar refractivity (Wildman–Crippen MR) is 119 cm³/mol. The predicted octanol–water partition coefficient (Wildman–Crippen LogP) is 5.25. The van der Waals surface area contributed by atoms with E-state index >= 15 is 0 Å². The molecule has 1 amide bonds. The minimum atomic E-state index is 0.0479. The molecule has 0 radical (unpaired) electrons. The highest BCUT2D eigenvalue weighted by Crippen LogP contribution is 2.30. The molecule has 154 valence electrons. The quantitative estimate of drug-likeness (QED) is 0.575. The fourth-order valence-electron chi connectivity index (χ4n) is 4.52. The number of nitrogens with one attached hydrogen (secondary N) is 1. The molecule has 4 nitrogen and oxygen atoms in total. The van der Waals surface area contributed by atoms with E-state index < -0.39 is 0 Å². The molecule has 1 aliphatic rings. The zero-order valence-electron chi connectivity index (χ0n) is 17.7. The molecule has 0 saturated heterocycles. The second-order valence-electron chi connectivity index (χ2n) is 8.06. The first-order chi connectivity index (χ1) is 14.5. The standard InChI is InChI=1S/C26H28N2O2/c1-18-23(19(2)29)17-25(21-10-4-3-5-11-21)28(18)16-15-26(30)27-24-14-8-12-20-9-6-7-13-22(20)24/h3-7,9-11,13,17,24H,8,12,14-16H2,1-2H3,(H,27,30)/t24-/m1/s1. The van der Waals surface area contributed by atoms with Crippen molar-refractivity contribution in [2.24, 2.45) is 0 Å². The SMILES string of the molecule is CC(=O)c1cc(-c2ccccc2)n(CCC(=O)N[C@@H]2CCCc3ccccc32)c1C. The van der Waals surface area contributed by atoms with Crippen LogP contribution < -0.4 is 5.32 Å². The fourth-order valence-corrected chi connectivity index (χ4v) is 4.52. The number of carbonyl (C=O) groups excluding carboxylic acids is 2. The molecule has 30 heavy (non-hydrogen) atoms. The Morgan fingerprint density at radius 1 is 1.07 bits per heavy atom. The lowest BCUT2D eigenvalue weighted by Crippen LogP contribution is -2.31. The molecule has 0 bridgehead atoms. The molecule has 4 rings (SSSR count). The van der Waals surface area contributed by atoms with Crippen LogP contribution in [0.4, 0.5) is 0 Å². The highest BCUT2D eigenvalue weighted by atomic mass is 16.1. The lowest BCUT2D eigenvalue weighted by molar-refractivity contribution is -0.122. The molecular formula is C26H28N2O2. The van der Waals surface area contributed by atoms with Gasteiger partial charge in [-0.1, -0.05) is 54.6 Å². The van der Waals surface area contributed by atoms with E-state index in [1.165, 1.54) is 11.1 Å². The van der Waals surface area contributed by atoms with Crippen molar-refractivity contribution in [3.8, 4) is 11.3 Å². The smallest absolute Gasteiger partial charge is 0.222 e. The van der Waals surface area contributed by atoms with Gasteiger partial charge in [0.1, 0.15) is 0 Å². The maximum atomic E-state index is 12.8. The number of rotatable bonds is 6. The zero-order valence-corrected chi connectivity index (χ0v) is 17.7. The summed E-state index contributed by atoms with van der Waals surface area (Å²) >= 11 is 0. The molecule has 0 spiro atoms. The van der Waals surface area contributed by atoms with E-state index in [0.29, 0.717) is 13.0 Å². The van der Waals surface area contributed by atoms with E-state index in [9.17, 15) is 9.59 Å². The normalized spacial score (nSPS) is 15.5. The van der Waals surface area contributed by atoms with Crippen LogP contribution in [0.15, 0.2) is 60.7 Å². The Morgan fingerprint density at radius 2 is 1.80 bits per heavy atom. The van der Waals surface area contributed by atoms with Gasteiger partial charge in [-0.15, -0.1) is 0 Å². The number of aromatic nitrogens is 1. The first-order valence-corrected chi connectivity index (χ1v) is 10.7. The summed E-state index contributed by atoms with van der Waals surface area (Å²) in [4.78, 5) is 24.9. The van der Waals surface area contributed by atoms with Crippen LogP contribution in [-0.4, -0.2) is 16.3 Å². The third-order valence-electron chi connectivity index (χ3n) is 6.08. The third-order valence-corrected chi connectivity index (χ3v) is 6.08. The third kappa shape index (κ3) is 4.09. The van der Waals surface area contributed by atoms with Gasteiger partial charge in [-0.3, -0.25) is 9.59 Å². The second-order valence-corrected chi connectivity index (χ2v) is 8.06. The van der Waals surface area contributed by atoms with Gasteiger partial charge >= 0.3 is 0 Å². The van der Waals surface area contributed by atoms with E-state index in [4.69, 9.17) is 0 Å². The van der Waals surface area contributed by atoms with Gasteiger partial charge < -0.3 is 9.88 Å². The Kier molecular flexibility index (Phi) is 5.84. The number of ketones is 1. The van der Waals surface area contributed by atoms with Crippen molar-refractivity contribution in [3.05, 3.63) is 83.0 Å². The van der Waals surface area contributed by atoms with Crippen LogP contribution in [-0.2, 0) is 17.8 Å². The summed E-state index contributed by atoms with van der Waals surface area (Å²) in [6, 6.07) is 20.5. The van der Waals surface area contributed by atoms with Crippen LogP contribution in [0.5, 0.6) is 0 Å². The van der Waals surface area contributed by atoms with Gasteiger partial charge in [-0.25, -0.2) is 0 Å². The molecule has 1 aromatic heterocycles. The van der Waals surface area contributed by atoms with Gasteiger partial charge in [0.25, 0.3) is 0 Å². The molecule has 1 aliphatic carbocycles. The summed E-state index contributed by atoms with van der Waals surface area (Å²) in [7, 11) is 0. The molecule has 1 atom stereocenters. The molecule has 1 heterocycles. The lowest BCUT2D eigenvalue weighted by atomic mass is 9.87. The lowest BCUT2D eigenvalue weighted by Gasteiger charge is -2.26. The minimum Gasteiger partial charge on any atom is -0.349 e. The van der Waals surface area contributed by atoms with Crippen LogP contribution in [0.25, 0.3) is 11.3 Å². The number of benzene rings is 2. The fraction of sp³-hybridized carbons (Fsp3) is 0.308. The number of amides is 1. The highest BCUT2D eigenvalue weighted by molar-refractivity contribution is 5.96. The first-order valence-electron chi connectivity index (χ1n) is 10.7. The molecule has 0 fully saturated rings. The molecule has 0 unspecified atom stereocenters. The number of carbonyl (C=O) groups is 2. The minimum absolute atomic E-state index is 0.0479. The summed E-state index contributed by atoms with van der Waals surface area (Å²) in [5.74, 6) is 0.0971. The van der Waals surface area contributed by atoms with E-state index in [1.807, 2.05) is 49.4 Å². The summed E-state index contributed by atoms with van der Waals surface area (Å²) in [6.45, 7) is 4.09. The maximum Gasteiger partial charge on any atom is 0.222 e. The molecule has 0 aliphatic heterocycles. The largest absolute Gasteiger partial charge is 0.349 e. The van der Waals surface area contributed by atoms with Crippen LogP contribution in [0.2, 0.25) is 0 Å². The molecular weight excluding hydrogens is 372 g/mol. The molecule has 2 aromatic carbocycles. The van der Waals surface area contributed by atoms with Gasteiger partial charge in [0, 0.05) is 29.9 Å². The van der Waals surface area contributed by atoms with Crippen molar-refractivity contribution in [1.82, 2.24) is 9.88 Å². The van der Waals surface area contributed by atoms with Gasteiger partial charge in [0.15, 0.2) is 5.78 Å². The number of fused-ring (bicyclic) bond motifs is 1. The van der Waals surface area contributed by atoms with Gasteiger partial charge in [-0.05, 0) is 55.9 Å². The van der Waals surface area contributed by atoms with Crippen LogP contribution >= 0.6 is 0 Å². The Hall–Kier alpha value is -3.14. The second kappa shape index (κ2) is 8.70. The van der Waals surface area contributed by atoms with Crippen molar-refractivity contribution in [2.45, 2.75) is 52.1 Å². The Balaban J connectivity index is 1.51. The van der Waals surface area contributed by atoms with E-state index in [0.717, 1.165) is 41.8 Å². The number of hydrogen-bond acceptors (Lipinski definition) is 2. The van der Waals surface area contributed by atoms with Crippen molar-refractivity contribution < 1.29 is 9.59 Å². The molecule has 0 saturated carbocycles. The van der Waals surface area contributed by atoms with Crippen LogP contribution in [0.3, 0.4) is 0 Å². The van der Waals surface area contributed by atoms with Crippen molar-refractivity contribution in [1.29, 1.82) is 0 Å². The zero-order chi connectivity index (χ0) is 21.1. The molecule has 4 heteroatoms. The van der Waals surface area contributed by atoms with Gasteiger partial charge in [0.2, 0.25) is 5.91 Å². The van der Waals surface area contributed by atoms with Crippen molar-refractivity contribution >= 4 is 11.7 Å². The average Bonchev–Trinajstić information content (AvgIpc) is 3.10. The average molecular weight is 401 g/mol. The number of nitrogens with zero attached hydrogens (tertiary/aromatic N) is 1. The van der Waals surface area contributed by atoms with Crippen LogP contribution in [0, 0.1) is 6.92 Å². The number of Topliss-reactive ketones (excluding diaryl/α,β-unsaturated/α-hetero) is 1. The maximum absolute atomic E-state index is 12.8. The van der Waals surface area contributed by atoms with Crippen molar-refractivity contribution in [3.63, 3.8) is 0 Å². The highest BCUT2D eigenvalue weighted by Gasteiger charge is 2.22. The van der Waals surface area contributed by atoms with E-state index in [-0.39, 0.29) is 17.7 Å².